The van der Waals surface area contributed by atoms with E-state index in [0.717, 1.165) is 38.6 Å². The molecule has 1 aliphatic heterocycles. The number of hydroxylamine groups is 2. The molecule has 16 heteroatoms. The SMILES string of the molecule is O=C(CI)NCCCCCCCCCCCC(=O)NCCOCCOCC(=O)NCCOCCOCC(=O)ON1C(=O)CCC1=O. The van der Waals surface area contributed by atoms with Crippen LogP contribution < -0.4 is 16.0 Å². The summed E-state index contributed by atoms with van der Waals surface area (Å²) < 4.78 is 21.5. The standard InChI is InChI=1S/C30H51IN4O11/c31-22-26(37)32-13-9-7-5-3-1-2-4-6-8-10-25(36)33-14-16-42-18-20-44-23-27(38)34-15-17-43-19-21-45-24-30(41)46-35-28(39)11-12-29(35)40/h1-24H2,(H,32,37)(H,33,36)(H,34,38). The van der Waals surface area contributed by atoms with Crippen molar-refractivity contribution in [1.29, 1.82) is 0 Å². The summed E-state index contributed by atoms with van der Waals surface area (Å²) in [7, 11) is 0. The summed E-state index contributed by atoms with van der Waals surface area (Å²) in [6.45, 7) is 2.32. The van der Waals surface area contributed by atoms with Crippen LogP contribution in [0.1, 0.15) is 77.0 Å². The minimum absolute atomic E-state index is 0.0223. The van der Waals surface area contributed by atoms with E-state index in [4.69, 9.17) is 18.9 Å². The molecule has 0 unspecified atom stereocenters. The Hall–Kier alpha value is -2.41. The van der Waals surface area contributed by atoms with E-state index in [-0.39, 0.29) is 70.1 Å². The zero-order chi connectivity index (χ0) is 33.7. The Morgan fingerprint density at radius 2 is 1.04 bits per heavy atom. The Morgan fingerprint density at radius 3 is 1.63 bits per heavy atom. The van der Waals surface area contributed by atoms with Crippen molar-refractivity contribution >= 4 is 58.1 Å². The van der Waals surface area contributed by atoms with Gasteiger partial charge in [-0.25, -0.2) is 4.79 Å². The van der Waals surface area contributed by atoms with Crippen LogP contribution in [0, 0.1) is 0 Å². The molecule has 0 bridgehead atoms. The quantitative estimate of drug-likeness (QED) is 0.0414. The van der Waals surface area contributed by atoms with E-state index < -0.39 is 24.4 Å². The van der Waals surface area contributed by atoms with Crippen molar-refractivity contribution in [2.24, 2.45) is 0 Å². The highest BCUT2D eigenvalue weighted by Gasteiger charge is 2.32. The largest absolute Gasteiger partial charge is 0.377 e. The van der Waals surface area contributed by atoms with Gasteiger partial charge in [0.25, 0.3) is 11.8 Å². The third-order valence-corrected chi connectivity index (χ3v) is 7.25. The van der Waals surface area contributed by atoms with Gasteiger partial charge in [-0.3, -0.25) is 24.0 Å². The molecule has 1 fully saturated rings. The molecule has 46 heavy (non-hydrogen) atoms. The Kier molecular flexibility index (Phi) is 26.0. The Labute approximate surface area is 284 Å². The second-order valence-corrected chi connectivity index (χ2v) is 11.3. The van der Waals surface area contributed by atoms with Crippen molar-refractivity contribution in [3.63, 3.8) is 0 Å². The topological polar surface area (TPSA) is 188 Å². The smallest absolute Gasteiger partial charge is 0.358 e. The number of carbonyl (C=O) groups is 6. The number of hydrogen-bond acceptors (Lipinski definition) is 11. The molecular formula is C30H51IN4O11. The van der Waals surface area contributed by atoms with E-state index in [1.807, 2.05) is 0 Å². The van der Waals surface area contributed by atoms with Crippen LogP contribution in [-0.4, -0.2) is 117 Å². The molecular weight excluding hydrogens is 719 g/mol. The first-order valence-corrected chi connectivity index (χ1v) is 17.6. The molecule has 0 radical (unpaired) electrons. The fourth-order valence-corrected chi connectivity index (χ4v) is 4.40. The monoisotopic (exact) mass is 770 g/mol. The number of hydrogen-bond donors (Lipinski definition) is 3. The molecule has 0 aromatic carbocycles. The van der Waals surface area contributed by atoms with Gasteiger partial charge in [0.2, 0.25) is 17.7 Å². The zero-order valence-electron chi connectivity index (χ0n) is 26.8. The first kappa shape index (κ1) is 41.6. The van der Waals surface area contributed by atoms with Crippen LogP contribution in [0.3, 0.4) is 0 Å². The Bertz CT molecular complexity index is 894. The molecule has 0 atom stereocenters. The lowest BCUT2D eigenvalue weighted by molar-refractivity contribution is -0.200. The van der Waals surface area contributed by atoms with Crippen molar-refractivity contribution in [3.05, 3.63) is 0 Å². The summed E-state index contributed by atoms with van der Waals surface area (Å²) in [6, 6.07) is 0. The minimum atomic E-state index is -0.855. The molecule has 1 aliphatic rings. The summed E-state index contributed by atoms with van der Waals surface area (Å²) in [5.41, 5.74) is 0. The zero-order valence-corrected chi connectivity index (χ0v) is 28.9. The number of nitrogens with one attached hydrogen (secondary N) is 3. The number of carbonyl (C=O) groups excluding carboxylic acids is 6. The minimum Gasteiger partial charge on any atom is -0.377 e. The third-order valence-electron chi connectivity index (χ3n) is 6.56. The summed E-state index contributed by atoms with van der Waals surface area (Å²) in [4.78, 5) is 73.9. The maximum absolute atomic E-state index is 11.9. The molecule has 5 amide bonds. The van der Waals surface area contributed by atoms with Gasteiger partial charge in [0.1, 0.15) is 13.2 Å². The molecule has 0 aromatic rings. The summed E-state index contributed by atoms with van der Waals surface area (Å²) in [6.07, 6.45) is 10.6. The lowest BCUT2D eigenvalue weighted by Crippen LogP contribution is -2.33. The number of imide groups is 1. The van der Waals surface area contributed by atoms with Crippen molar-refractivity contribution in [3.8, 4) is 0 Å². The molecule has 264 valence electrons. The molecule has 1 rings (SSSR count). The van der Waals surface area contributed by atoms with Gasteiger partial charge in [-0.2, -0.15) is 0 Å². The second-order valence-electron chi connectivity index (χ2n) is 10.5. The van der Waals surface area contributed by atoms with Gasteiger partial charge >= 0.3 is 5.97 Å². The molecule has 0 saturated carbocycles. The molecule has 1 heterocycles. The Balaban J connectivity index is 1.78. The van der Waals surface area contributed by atoms with E-state index in [9.17, 15) is 28.8 Å². The molecule has 0 aliphatic carbocycles. The fourth-order valence-electron chi connectivity index (χ4n) is 4.13. The van der Waals surface area contributed by atoms with Gasteiger partial charge in [-0.05, 0) is 12.8 Å². The molecule has 15 nitrogen and oxygen atoms in total. The predicted molar refractivity (Wildman–Crippen MR) is 175 cm³/mol. The van der Waals surface area contributed by atoms with Crippen molar-refractivity contribution < 1.29 is 52.6 Å². The fraction of sp³-hybridized carbons (Fsp3) is 0.800. The summed E-state index contributed by atoms with van der Waals surface area (Å²) >= 11 is 2.06. The van der Waals surface area contributed by atoms with Crippen LogP contribution in [0.2, 0.25) is 0 Å². The maximum atomic E-state index is 11.9. The van der Waals surface area contributed by atoms with Crippen molar-refractivity contribution in [1.82, 2.24) is 21.0 Å². The molecule has 0 spiro atoms. The van der Waals surface area contributed by atoms with E-state index >= 15 is 0 Å². The highest BCUT2D eigenvalue weighted by molar-refractivity contribution is 14.1. The highest BCUT2D eigenvalue weighted by Crippen LogP contribution is 2.12. The number of nitrogens with zero attached hydrogens (tertiary/aromatic N) is 1. The first-order valence-electron chi connectivity index (χ1n) is 16.1. The van der Waals surface area contributed by atoms with Crippen LogP contribution in [0.25, 0.3) is 0 Å². The van der Waals surface area contributed by atoms with Crippen LogP contribution in [-0.2, 0) is 52.6 Å². The lowest BCUT2D eigenvalue weighted by atomic mass is 10.1. The molecule has 3 N–H and O–H groups in total. The van der Waals surface area contributed by atoms with Gasteiger partial charge < -0.3 is 39.7 Å². The number of halogens is 1. The van der Waals surface area contributed by atoms with Crippen LogP contribution in [0.4, 0.5) is 0 Å². The average molecular weight is 771 g/mol. The predicted octanol–water partition coefficient (Wildman–Crippen LogP) is 1.34. The van der Waals surface area contributed by atoms with Gasteiger partial charge in [0.15, 0.2) is 0 Å². The number of rotatable bonds is 30. The Morgan fingerprint density at radius 1 is 0.565 bits per heavy atom. The van der Waals surface area contributed by atoms with Gasteiger partial charge in [-0.1, -0.05) is 67.5 Å². The molecule has 0 aromatic heterocycles. The van der Waals surface area contributed by atoms with Crippen LogP contribution >= 0.6 is 22.6 Å². The number of amides is 5. The van der Waals surface area contributed by atoms with Crippen molar-refractivity contribution in [2.45, 2.75) is 77.0 Å². The number of alkyl halides is 1. The van der Waals surface area contributed by atoms with Crippen LogP contribution in [0.5, 0.6) is 0 Å². The van der Waals surface area contributed by atoms with E-state index in [1.165, 1.54) is 25.7 Å². The van der Waals surface area contributed by atoms with Gasteiger partial charge in [0, 0.05) is 38.9 Å². The molecule has 1 saturated heterocycles. The average Bonchev–Trinajstić information content (AvgIpc) is 3.35. The van der Waals surface area contributed by atoms with Gasteiger partial charge in [-0.15, -0.1) is 5.06 Å². The van der Waals surface area contributed by atoms with E-state index in [2.05, 4.69) is 43.4 Å². The van der Waals surface area contributed by atoms with E-state index in [1.54, 1.807) is 0 Å². The summed E-state index contributed by atoms with van der Waals surface area (Å²) in [5, 5.41) is 8.83. The normalized spacial score (nSPS) is 12.8. The summed E-state index contributed by atoms with van der Waals surface area (Å²) in [5.74, 6) is -2.14. The van der Waals surface area contributed by atoms with Crippen LogP contribution in [0.15, 0.2) is 0 Å². The first-order chi connectivity index (χ1) is 22.3. The lowest BCUT2D eigenvalue weighted by Gasteiger charge is -2.12. The third kappa shape index (κ3) is 23.9. The van der Waals surface area contributed by atoms with Crippen molar-refractivity contribution in [2.75, 3.05) is 76.9 Å². The number of unbranched alkanes of at least 4 members (excludes halogenated alkanes) is 8. The second kappa shape index (κ2) is 28.8. The highest BCUT2D eigenvalue weighted by atomic mass is 127. The number of ether oxygens (including phenoxy) is 4. The van der Waals surface area contributed by atoms with E-state index in [0.29, 0.717) is 35.7 Å². The maximum Gasteiger partial charge on any atom is 0.358 e. The van der Waals surface area contributed by atoms with Gasteiger partial charge in [0.05, 0.1) is 44.1 Å².